The van der Waals surface area contributed by atoms with Gasteiger partial charge in [0, 0.05) is 6.07 Å². The lowest BCUT2D eigenvalue weighted by Gasteiger charge is -1.97. The van der Waals surface area contributed by atoms with Crippen molar-refractivity contribution in [2.45, 2.75) is 6.54 Å². The molecule has 9 nitrogen and oxygen atoms in total. The van der Waals surface area contributed by atoms with Crippen molar-refractivity contribution in [3.8, 4) is 0 Å². The summed E-state index contributed by atoms with van der Waals surface area (Å²) in [4.78, 5) is 21.7. The predicted molar refractivity (Wildman–Crippen MR) is 56.3 cm³/mol. The van der Waals surface area contributed by atoms with E-state index in [4.69, 9.17) is 0 Å². The van der Waals surface area contributed by atoms with Gasteiger partial charge in [-0.1, -0.05) is 16.6 Å². The number of aromatic nitrogens is 4. The zero-order valence-electron chi connectivity index (χ0n) is 8.28. The van der Waals surface area contributed by atoms with Gasteiger partial charge >= 0.3 is 5.00 Å². The number of aromatic amines is 1. The van der Waals surface area contributed by atoms with Crippen molar-refractivity contribution in [1.82, 2.24) is 25.9 Å². The molecule has 17 heavy (non-hydrogen) atoms. The average Bonchev–Trinajstić information content (AvgIpc) is 2.96. The Labute approximate surface area is 98.0 Å². The summed E-state index contributed by atoms with van der Waals surface area (Å²) < 4.78 is 0. The predicted octanol–water partition coefficient (Wildman–Crippen LogP) is 0.0994. The summed E-state index contributed by atoms with van der Waals surface area (Å²) in [6.07, 6.45) is 0. The Morgan fingerprint density at radius 2 is 2.41 bits per heavy atom. The zero-order valence-corrected chi connectivity index (χ0v) is 9.10. The molecule has 88 valence electrons. The lowest BCUT2D eigenvalue weighted by molar-refractivity contribution is -0.380. The Bertz CT molecular complexity index is 536. The highest BCUT2D eigenvalue weighted by molar-refractivity contribution is 7.17. The first-order valence-electron chi connectivity index (χ1n) is 4.41. The second kappa shape index (κ2) is 4.65. The van der Waals surface area contributed by atoms with E-state index in [9.17, 15) is 14.9 Å². The van der Waals surface area contributed by atoms with Gasteiger partial charge in [0.25, 0.3) is 5.91 Å². The van der Waals surface area contributed by atoms with E-state index in [1.165, 1.54) is 12.1 Å². The first kappa shape index (κ1) is 11.1. The second-order valence-corrected chi connectivity index (χ2v) is 3.97. The molecule has 0 saturated carbocycles. The van der Waals surface area contributed by atoms with Crippen LogP contribution in [0.3, 0.4) is 0 Å². The van der Waals surface area contributed by atoms with Crippen LogP contribution in [0.25, 0.3) is 0 Å². The third kappa shape index (κ3) is 2.60. The average molecular weight is 254 g/mol. The highest BCUT2D eigenvalue weighted by Crippen LogP contribution is 2.23. The maximum Gasteiger partial charge on any atom is 0.324 e. The van der Waals surface area contributed by atoms with E-state index < -0.39 is 10.8 Å². The molecule has 0 aromatic carbocycles. The van der Waals surface area contributed by atoms with E-state index in [2.05, 4.69) is 25.9 Å². The zero-order chi connectivity index (χ0) is 12.3. The molecule has 2 rings (SSSR count). The van der Waals surface area contributed by atoms with Crippen LogP contribution in [0, 0.1) is 10.1 Å². The third-order valence-electron chi connectivity index (χ3n) is 1.79. The van der Waals surface area contributed by atoms with Crippen LogP contribution in [0.2, 0.25) is 0 Å². The molecule has 0 aliphatic carbocycles. The summed E-state index contributed by atoms with van der Waals surface area (Å²) in [6, 6.07) is 2.68. The second-order valence-electron chi connectivity index (χ2n) is 2.91. The molecule has 0 unspecified atom stereocenters. The number of amides is 1. The Morgan fingerprint density at radius 1 is 1.59 bits per heavy atom. The van der Waals surface area contributed by atoms with Crippen LogP contribution >= 0.6 is 11.3 Å². The summed E-state index contributed by atoms with van der Waals surface area (Å²) in [5, 5.41) is 25.7. The highest BCUT2D eigenvalue weighted by Gasteiger charge is 2.15. The van der Waals surface area contributed by atoms with Crippen LogP contribution < -0.4 is 5.32 Å². The van der Waals surface area contributed by atoms with Gasteiger partial charge in [-0.3, -0.25) is 14.9 Å². The Morgan fingerprint density at radius 3 is 3.00 bits per heavy atom. The van der Waals surface area contributed by atoms with Crippen molar-refractivity contribution in [1.29, 1.82) is 0 Å². The van der Waals surface area contributed by atoms with E-state index >= 15 is 0 Å². The summed E-state index contributed by atoms with van der Waals surface area (Å²) in [5.41, 5.74) is 0. The van der Waals surface area contributed by atoms with E-state index in [1.54, 1.807) is 0 Å². The van der Waals surface area contributed by atoms with Crippen LogP contribution in [0.4, 0.5) is 5.00 Å². The van der Waals surface area contributed by atoms with E-state index in [0.29, 0.717) is 5.82 Å². The van der Waals surface area contributed by atoms with Crippen LogP contribution in [0.1, 0.15) is 15.5 Å². The summed E-state index contributed by atoms with van der Waals surface area (Å²) in [6.45, 7) is 0.112. The van der Waals surface area contributed by atoms with Crippen molar-refractivity contribution in [3.63, 3.8) is 0 Å². The molecule has 0 fully saturated rings. The Balaban J connectivity index is 1.97. The SMILES string of the molecule is O=C(NCc1nn[nH]n1)c1ccc([N+](=O)[O-])s1. The van der Waals surface area contributed by atoms with Crippen molar-refractivity contribution in [2.75, 3.05) is 0 Å². The highest BCUT2D eigenvalue weighted by atomic mass is 32.1. The largest absolute Gasteiger partial charge is 0.344 e. The number of nitrogens with one attached hydrogen (secondary N) is 2. The van der Waals surface area contributed by atoms with Gasteiger partial charge < -0.3 is 5.32 Å². The maximum absolute atomic E-state index is 11.6. The number of rotatable bonds is 4. The smallest absolute Gasteiger partial charge is 0.324 e. The molecular weight excluding hydrogens is 248 g/mol. The summed E-state index contributed by atoms with van der Waals surface area (Å²) >= 11 is 0.811. The molecule has 0 bridgehead atoms. The first-order chi connectivity index (χ1) is 8.16. The normalized spacial score (nSPS) is 10.1. The number of thiophene rings is 1. The van der Waals surface area contributed by atoms with Gasteiger partial charge in [0.05, 0.1) is 16.3 Å². The number of hydrogen-bond donors (Lipinski definition) is 2. The lowest BCUT2D eigenvalue weighted by Crippen LogP contribution is -2.22. The minimum absolute atomic E-state index is 0.0743. The molecule has 0 atom stereocenters. The number of nitrogens with zero attached hydrogens (tertiary/aromatic N) is 4. The number of carbonyl (C=O) groups excluding carboxylic acids is 1. The first-order valence-corrected chi connectivity index (χ1v) is 5.23. The molecule has 2 N–H and O–H groups in total. The van der Waals surface area contributed by atoms with Crippen LogP contribution in [0.15, 0.2) is 12.1 Å². The number of tetrazole rings is 1. The minimum atomic E-state index is -0.541. The standard InChI is InChI=1S/C7H6N6O3S/c14-7(8-3-5-9-11-12-10-5)4-1-2-6(17-4)13(15)16/h1-2H,3H2,(H,8,14)(H,9,10,11,12). The summed E-state index contributed by atoms with van der Waals surface area (Å²) in [5.74, 6) is -0.0719. The molecule has 2 heterocycles. The van der Waals surface area contributed by atoms with Crippen LogP contribution in [-0.4, -0.2) is 31.5 Å². The minimum Gasteiger partial charge on any atom is -0.344 e. The number of carbonyl (C=O) groups is 1. The fourth-order valence-electron chi connectivity index (χ4n) is 1.05. The Kier molecular flexibility index (Phi) is 3.05. The van der Waals surface area contributed by atoms with E-state index in [0.717, 1.165) is 11.3 Å². The van der Waals surface area contributed by atoms with Crippen LogP contribution in [-0.2, 0) is 6.54 Å². The summed E-state index contributed by atoms with van der Waals surface area (Å²) in [7, 11) is 0. The molecule has 0 aliphatic rings. The Hall–Kier alpha value is -2.36. The van der Waals surface area contributed by atoms with E-state index in [-0.39, 0.29) is 16.4 Å². The molecule has 0 aliphatic heterocycles. The van der Waals surface area contributed by atoms with Crippen molar-refractivity contribution in [3.05, 3.63) is 32.9 Å². The number of hydrogen-bond acceptors (Lipinski definition) is 7. The van der Waals surface area contributed by atoms with Gasteiger partial charge in [0.1, 0.15) is 0 Å². The fourth-order valence-corrected chi connectivity index (χ4v) is 1.79. The topological polar surface area (TPSA) is 127 Å². The molecule has 2 aromatic rings. The molecule has 0 saturated heterocycles. The lowest BCUT2D eigenvalue weighted by atomic mass is 10.4. The maximum atomic E-state index is 11.6. The van der Waals surface area contributed by atoms with Gasteiger partial charge in [-0.2, -0.15) is 5.21 Å². The van der Waals surface area contributed by atoms with Crippen molar-refractivity contribution in [2.24, 2.45) is 0 Å². The van der Waals surface area contributed by atoms with Gasteiger partial charge in [-0.05, 0) is 6.07 Å². The van der Waals surface area contributed by atoms with Gasteiger partial charge in [0.2, 0.25) is 0 Å². The van der Waals surface area contributed by atoms with Gasteiger partial charge in [0.15, 0.2) is 5.82 Å². The van der Waals surface area contributed by atoms with Crippen molar-refractivity contribution < 1.29 is 9.72 Å². The monoisotopic (exact) mass is 254 g/mol. The van der Waals surface area contributed by atoms with Crippen LogP contribution in [0.5, 0.6) is 0 Å². The molecular formula is C7H6N6O3S. The van der Waals surface area contributed by atoms with Crippen molar-refractivity contribution >= 4 is 22.2 Å². The molecule has 0 spiro atoms. The van der Waals surface area contributed by atoms with E-state index in [1.807, 2.05) is 0 Å². The van der Waals surface area contributed by atoms with Gasteiger partial charge in [-0.25, -0.2) is 0 Å². The van der Waals surface area contributed by atoms with Gasteiger partial charge in [-0.15, -0.1) is 10.2 Å². The quantitative estimate of drug-likeness (QED) is 0.588. The number of H-pyrrole nitrogens is 1. The molecule has 0 radical (unpaired) electrons. The fraction of sp³-hybridized carbons (Fsp3) is 0.143. The molecule has 1 amide bonds. The molecule has 10 heteroatoms. The third-order valence-corrected chi connectivity index (χ3v) is 2.83. The number of nitro groups is 1. The molecule has 2 aromatic heterocycles.